The lowest BCUT2D eigenvalue weighted by atomic mass is 10.0. The zero-order chi connectivity index (χ0) is 16.2. The third-order valence-electron chi connectivity index (χ3n) is 4.91. The van der Waals surface area contributed by atoms with Gasteiger partial charge in [0.15, 0.2) is 0 Å². The van der Waals surface area contributed by atoms with Crippen LogP contribution in [0.1, 0.15) is 48.3 Å². The molecule has 126 valence electrons. The Kier molecular flexibility index (Phi) is 5.36. The summed E-state index contributed by atoms with van der Waals surface area (Å²) >= 11 is 1.82. The van der Waals surface area contributed by atoms with Gasteiger partial charge in [0.05, 0.1) is 0 Å². The smallest absolute Gasteiger partial charge is 0.222 e. The van der Waals surface area contributed by atoms with Crippen molar-refractivity contribution in [2.45, 2.75) is 57.9 Å². The van der Waals surface area contributed by atoms with Gasteiger partial charge in [0, 0.05) is 48.3 Å². The number of carbonyl (C=O) groups excluding carboxylic acids is 2. The maximum atomic E-state index is 12.5. The predicted molar refractivity (Wildman–Crippen MR) is 92.5 cm³/mol. The molecular formula is C18H26N2O2S. The number of amides is 2. The predicted octanol–water partition coefficient (Wildman–Crippen LogP) is 2.99. The minimum atomic E-state index is 0.252. The number of likely N-dealkylation sites (tertiary alicyclic amines) is 2. The van der Waals surface area contributed by atoms with Gasteiger partial charge in [0.2, 0.25) is 11.8 Å². The molecule has 2 amide bonds. The lowest BCUT2D eigenvalue weighted by Gasteiger charge is -2.37. The summed E-state index contributed by atoms with van der Waals surface area (Å²) in [5.41, 5.74) is 0. The van der Waals surface area contributed by atoms with Crippen LogP contribution in [-0.2, 0) is 16.0 Å². The van der Waals surface area contributed by atoms with Gasteiger partial charge in [-0.15, -0.1) is 11.3 Å². The summed E-state index contributed by atoms with van der Waals surface area (Å²) in [4.78, 5) is 31.1. The first kappa shape index (κ1) is 16.5. The first-order valence-electron chi connectivity index (χ1n) is 8.76. The second kappa shape index (κ2) is 7.47. The van der Waals surface area contributed by atoms with Crippen LogP contribution in [0.15, 0.2) is 12.1 Å². The highest BCUT2D eigenvalue weighted by Gasteiger charge is 2.32. The summed E-state index contributed by atoms with van der Waals surface area (Å²) in [7, 11) is 0. The first-order chi connectivity index (χ1) is 11.1. The van der Waals surface area contributed by atoms with Gasteiger partial charge in [-0.3, -0.25) is 9.59 Å². The van der Waals surface area contributed by atoms with Gasteiger partial charge in [0.25, 0.3) is 0 Å². The van der Waals surface area contributed by atoms with Gasteiger partial charge >= 0.3 is 0 Å². The molecule has 5 heteroatoms. The van der Waals surface area contributed by atoms with Crippen molar-refractivity contribution in [3.05, 3.63) is 21.9 Å². The standard InChI is InChI=1S/C18H26N2O2S/c1-14-9-10-16(23-14)6-2-7-17(21)19-11-3-5-15(13-19)20-12-4-8-18(20)22/h9-10,15H,2-8,11-13H2,1H3/t15-/m1/s1. The number of hydrogen-bond acceptors (Lipinski definition) is 3. The quantitative estimate of drug-likeness (QED) is 0.830. The summed E-state index contributed by atoms with van der Waals surface area (Å²) < 4.78 is 0. The molecule has 0 aromatic carbocycles. The molecule has 1 aromatic rings. The van der Waals surface area contributed by atoms with Crippen molar-refractivity contribution in [2.75, 3.05) is 19.6 Å². The molecule has 0 N–H and O–H groups in total. The summed E-state index contributed by atoms with van der Waals surface area (Å²) in [5, 5.41) is 0. The zero-order valence-corrected chi connectivity index (χ0v) is 14.7. The molecule has 0 unspecified atom stereocenters. The van der Waals surface area contributed by atoms with Crippen LogP contribution >= 0.6 is 11.3 Å². The number of thiophene rings is 1. The van der Waals surface area contributed by atoms with Crippen molar-refractivity contribution < 1.29 is 9.59 Å². The molecule has 2 saturated heterocycles. The second-order valence-electron chi connectivity index (χ2n) is 6.69. The van der Waals surface area contributed by atoms with E-state index in [1.165, 1.54) is 9.75 Å². The Morgan fingerprint density at radius 1 is 1.30 bits per heavy atom. The van der Waals surface area contributed by atoms with Gasteiger partial charge in [-0.1, -0.05) is 0 Å². The molecule has 3 rings (SSSR count). The Hall–Kier alpha value is -1.36. The third kappa shape index (κ3) is 4.14. The molecule has 1 atom stereocenters. The lowest BCUT2D eigenvalue weighted by Crippen LogP contribution is -2.50. The van der Waals surface area contributed by atoms with Crippen LogP contribution in [0.25, 0.3) is 0 Å². The normalized spacial score (nSPS) is 22.0. The Morgan fingerprint density at radius 2 is 2.17 bits per heavy atom. The van der Waals surface area contributed by atoms with Gasteiger partial charge in [-0.25, -0.2) is 0 Å². The number of aryl methyl sites for hydroxylation is 2. The van der Waals surface area contributed by atoms with Crippen LogP contribution in [0.5, 0.6) is 0 Å². The highest BCUT2D eigenvalue weighted by molar-refractivity contribution is 7.11. The molecule has 0 spiro atoms. The third-order valence-corrected chi connectivity index (χ3v) is 5.97. The van der Waals surface area contributed by atoms with Crippen molar-refractivity contribution in [1.29, 1.82) is 0 Å². The molecule has 2 aliphatic rings. The summed E-state index contributed by atoms with van der Waals surface area (Å²) in [5.74, 6) is 0.534. The van der Waals surface area contributed by atoms with E-state index in [-0.39, 0.29) is 17.9 Å². The molecule has 0 aliphatic carbocycles. The average Bonchev–Trinajstić information content (AvgIpc) is 3.16. The maximum Gasteiger partial charge on any atom is 0.222 e. The molecule has 0 radical (unpaired) electrons. The van der Waals surface area contributed by atoms with Gasteiger partial charge in [-0.2, -0.15) is 0 Å². The van der Waals surface area contributed by atoms with E-state index in [1.807, 2.05) is 21.1 Å². The van der Waals surface area contributed by atoms with E-state index < -0.39 is 0 Å². The summed E-state index contributed by atoms with van der Waals surface area (Å²) in [6, 6.07) is 4.56. The number of rotatable bonds is 5. The van der Waals surface area contributed by atoms with E-state index in [0.717, 1.165) is 51.7 Å². The van der Waals surface area contributed by atoms with Crippen molar-refractivity contribution in [1.82, 2.24) is 9.80 Å². The van der Waals surface area contributed by atoms with Crippen LogP contribution in [0, 0.1) is 6.92 Å². The maximum absolute atomic E-state index is 12.5. The lowest BCUT2D eigenvalue weighted by molar-refractivity contribution is -0.137. The number of piperidine rings is 1. The van der Waals surface area contributed by atoms with E-state index >= 15 is 0 Å². The Morgan fingerprint density at radius 3 is 2.87 bits per heavy atom. The zero-order valence-electron chi connectivity index (χ0n) is 13.9. The minimum absolute atomic E-state index is 0.252. The molecule has 1 aromatic heterocycles. The molecule has 4 nitrogen and oxygen atoms in total. The fraction of sp³-hybridized carbons (Fsp3) is 0.667. The molecule has 2 fully saturated rings. The Balaban J connectivity index is 1.46. The van der Waals surface area contributed by atoms with Crippen molar-refractivity contribution >= 4 is 23.2 Å². The van der Waals surface area contributed by atoms with Crippen LogP contribution in [0.2, 0.25) is 0 Å². The first-order valence-corrected chi connectivity index (χ1v) is 9.57. The van der Waals surface area contributed by atoms with Crippen molar-refractivity contribution in [3.8, 4) is 0 Å². The highest BCUT2D eigenvalue weighted by Crippen LogP contribution is 2.22. The fourth-order valence-electron chi connectivity index (χ4n) is 3.68. The van der Waals surface area contributed by atoms with Crippen LogP contribution in [0.4, 0.5) is 0 Å². The largest absolute Gasteiger partial charge is 0.341 e. The highest BCUT2D eigenvalue weighted by atomic mass is 32.1. The van der Waals surface area contributed by atoms with Crippen molar-refractivity contribution in [3.63, 3.8) is 0 Å². The topological polar surface area (TPSA) is 40.6 Å². The van der Waals surface area contributed by atoms with Crippen LogP contribution in [0.3, 0.4) is 0 Å². The van der Waals surface area contributed by atoms with Gasteiger partial charge in [-0.05, 0) is 51.2 Å². The van der Waals surface area contributed by atoms with Crippen molar-refractivity contribution in [2.24, 2.45) is 0 Å². The number of carbonyl (C=O) groups is 2. The van der Waals surface area contributed by atoms with E-state index in [2.05, 4.69) is 19.1 Å². The molecule has 0 saturated carbocycles. The summed E-state index contributed by atoms with van der Waals surface area (Å²) in [6.45, 7) is 4.59. The number of nitrogens with zero attached hydrogens (tertiary/aromatic N) is 2. The SMILES string of the molecule is Cc1ccc(CCCC(=O)N2CCC[C@@H](N3CCCC3=O)C2)s1. The Bertz CT molecular complexity index is 569. The number of hydrogen-bond donors (Lipinski definition) is 0. The molecule has 3 heterocycles. The van der Waals surface area contributed by atoms with E-state index in [4.69, 9.17) is 0 Å². The second-order valence-corrected chi connectivity index (χ2v) is 8.06. The summed E-state index contributed by atoms with van der Waals surface area (Å²) in [6.07, 6.45) is 6.26. The van der Waals surface area contributed by atoms with Gasteiger partial charge in [0.1, 0.15) is 0 Å². The minimum Gasteiger partial charge on any atom is -0.341 e. The van der Waals surface area contributed by atoms with E-state index in [0.29, 0.717) is 12.8 Å². The van der Waals surface area contributed by atoms with E-state index in [1.54, 1.807) is 0 Å². The van der Waals surface area contributed by atoms with E-state index in [9.17, 15) is 9.59 Å². The molecule has 0 bridgehead atoms. The fourth-order valence-corrected chi connectivity index (χ4v) is 4.61. The van der Waals surface area contributed by atoms with Crippen LogP contribution in [-0.4, -0.2) is 47.3 Å². The Labute approximate surface area is 142 Å². The molecule has 23 heavy (non-hydrogen) atoms. The van der Waals surface area contributed by atoms with Gasteiger partial charge < -0.3 is 9.80 Å². The average molecular weight is 334 g/mol. The molecule has 2 aliphatic heterocycles. The molecular weight excluding hydrogens is 308 g/mol. The monoisotopic (exact) mass is 334 g/mol. The van der Waals surface area contributed by atoms with Crippen LogP contribution < -0.4 is 0 Å².